The van der Waals surface area contributed by atoms with E-state index < -0.39 is 17.7 Å². The van der Waals surface area contributed by atoms with Crippen molar-refractivity contribution in [2.45, 2.75) is 32.4 Å². The van der Waals surface area contributed by atoms with Gasteiger partial charge in [0.15, 0.2) is 0 Å². The van der Waals surface area contributed by atoms with Gasteiger partial charge in [-0.25, -0.2) is 4.79 Å². The van der Waals surface area contributed by atoms with E-state index in [9.17, 15) is 9.59 Å². The molecule has 0 saturated carbocycles. The zero-order valence-corrected chi connectivity index (χ0v) is 11.3. The number of rotatable bonds is 3. The Bertz CT molecular complexity index is 423. The third kappa shape index (κ3) is 4.75. The maximum atomic E-state index is 11.5. The fraction of sp³-hybridized carbons (Fsp3) is 0.385. The molecule has 0 radical (unpaired) electrons. The minimum absolute atomic E-state index is 0.570. The van der Waals surface area contributed by atoms with Crippen LogP contribution in [0.5, 0.6) is 0 Å². The maximum Gasteiger partial charge on any atom is 0.408 e. The summed E-state index contributed by atoms with van der Waals surface area (Å²) in [7, 11) is 0. The zero-order chi connectivity index (χ0) is 13.8. The molecule has 0 aliphatic heterocycles. The van der Waals surface area contributed by atoms with Gasteiger partial charge in [-0.3, -0.25) is 0 Å². The first-order valence-corrected chi connectivity index (χ1v) is 5.90. The lowest BCUT2D eigenvalue weighted by Crippen LogP contribution is -2.35. The number of hydrogen-bond donors (Lipinski definition) is 1. The van der Waals surface area contributed by atoms with Crippen LogP contribution in [0.25, 0.3) is 0 Å². The summed E-state index contributed by atoms with van der Waals surface area (Å²) in [4.78, 5) is 22.5. The number of amides is 1. The second-order valence-electron chi connectivity index (χ2n) is 4.81. The van der Waals surface area contributed by atoms with Crippen molar-refractivity contribution in [2.75, 3.05) is 0 Å². The first-order chi connectivity index (χ1) is 8.31. The molecule has 18 heavy (non-hydrogen) atoms. The fourth-order valence-corrected chi connectivity index (χ4v) is 1.43. The quantitative estimate of drug-likeness (QED) is 0.858. The Labute approximate surface area is 111 Å². The van der Waals surface area contributed by atoms with Crippen LogP contribution in [0.3, 0.4) is 0 Å². The average Bonchev–Trinajstić information content (AvgIpc) is 2.25. The van der Waals surface area contributed by atoms with E-state index >= 15 is 0 Å². The lowest BCUT2D eigenvalue weighted by atomic mass is 10.1. The van der Waals surface area contributed by atoms with Crippen molar-refractivity contribution in [3.8, 4) is 0 Å². The van der Waals surface area contributed by atoms with E-state index in [0.717, 1.165) is 0 Å². The van der Waals surface area contributed by atoms with E-state index in [0.29, 0.717) is 16.9 Å². The van der Waals surface area contributed by atoms with Gasteiger partial charge in [0.1, 0.15) is 17.9 Å². The van der Waals surface area contributed by atoms with Crippen LogP contribution in [0.4, 0.5) is 4.79 Å². The van der Waals surface area contributed by atoms with Gasteiger partial charge >= 0.3 is 6.09 Å². The van der Waals surface area contributed by atoms with Crippen LogP contribution in [0.15, 0.2) is 24.3 Å². The highest BCUT2D eigenvalue weighted by Crippen LogP contribution is 2.16. The predicted molar refractivity (Wildman–Crippen MR) is 69.6 cm³/mol. The van der Waals surface area contributed by atoms with Crippen LogP contribution in [-0.2, 0) is 9.53 Å². The van der Waals surface area contributed by atoms with Gasteiger partial charge in [-0.2, -0.15) is 0 Å². The summed E-state index contributed by atoms with van der Waals surface area (Å²) in [6.45, 7) is 5.26. The molecule has 0 saturated heterocycles. The van der Waals surface area contributed by atoms with Gasteiger partial charge in [0.05, 0.1) is 0 Å². The zero-order valence-electron chi connectivity index (χ0n) is 10.6. The fourth-order valence-electron chi connectivity index (χ4n) is 1.30. The van der Waals surface area contributed by atoms with E-state index in [1.807, 2.05) is 0 Å². The van der Waals surface area contributed by atoms with E-state index in [1.165, 1.54) is 0 Å². The monoisotopic (exact) mass is 269 g/mol. The first kappa shape index (κ1) is 14.5. The Balaban J connectivity index is 2.71. The molecule has 98 valence electrons. The van der Waals surface area contributed by atoms with Gasteiger partial charge in [-0.05, 0) is 38.5 Å². The molecular formula is C13H16ClNO3. The number of carbonyl (C=O) groups is 2. The highest BCUT2D eigenvalue weighted by atomic mass is 35.5. The molecule has 4 nitrogen and oxygen atoms in total. The largest absolute Gasteiger partial charge is 0.444 e. The smallest absolute Gasteiger partial charge is 0.408 e. The minimum Gasteiger partial charge on any atom is -0.444 e. The third-order valence-corrected chi connectivity index (χ3v) is 2.29. The van der Waals surface area contributed by atoms with Gasteiger partial charge < -0.3 is 14.8 Å². The standard InChI is InChI=1S/C13H16ClNO3/c1-13(2,3)18-12(17)15-11(8-16)9-4-6-10(14)7-5-9/h4-8,11H,1-3H3,(H,15,17)/t11-/m0/s1. The molecule has 0 aliphatic rings. The molecule has 0 heterocycles. The van der Waals surface area contributed by atoms with Crippen molar-refractivity contribution < 1.29 is 14.3 Å². The molecule has 0 aliphatic carbocycles. The van der Waals surface area contributed by atoms with Crippen LogP contribution in [0.2, 0.25) is 5.02 Å². The van der Waals surface area contributed by atoms with Crippen molar-refractivity contribution in [2.24, 2.45) is 0 Å². The molecule has 0 bridgehead atoms. The van der Waals surface area contributed by atoms with Gasteiger partial charge in [-0.15, -0.1) is 0 Å². The Kier molecular flexibility index (Phi) is 4.73. The molecule has 5 heteroatoms. The van der Waals surface area contributed by atoms with Gasteiger partial charge in [0.25, 0.3) is 0 Å². The van der Waals surface area contributed by atoms with Crippen LogP contribution in [0, 0.1) is 0 Å². The van der Waals surface area contributed by atoms with Crippen molar-refractivity contribution in [3.05, 3.63) is 34.9 Å². The van der Waals surface area contributed by atoms with Crippen LogP contribution >= 0.6 is 11.6 Å². The van der Waals surface area contributed by atoms with Crippen LogP contribution < -0.4 is 5.32 Å². The predicted octanol–water partition coefficient (Wildman–Crippen LogP) is 3.10. The molecule has 1 atom stereocenters. The highest BCUT2D eigenvalue weighted by Gasteiger charge is 2.20. The van der Waals surface area contributed by atoms with Crippen molar-refractivity contribution in [3.63, 3.8) is 0 Å². The normalized spacial score (nSPS) is 12.7. The highest BCUT2D eigenvalue weighted by molar-refractivity contribution is 6.30. The summed E-state index contributed by atoms with van der Waals surface area (Å²) in [6.07, 6.45) is 0.0159. The van der Waals surface area contributed by atoms with Gasteiger partial charge in [0, 0.05) is 5.02 Å². The molecule has 1 N–H and O–H groups in total. The lowest BCUT2D eigenvalue weighted by molar-refractivity contribution is -0.109. The van der Waals surface area contributed by atoms with Crippen molar-refractivity contribution >= 4 is 24.0 Å². The molecule has 1 amide bonds. The van der Waals surface area contributed by atoms with Gasteiger partial charge in [0.2, 0.25) is 0 Å². The number of ether oxygens (including phenoxy) is 1. The summed E-state index contributed by atoms with van der Waals surface area (Å²) in [6, 6.07) is 5.93. The lowest BCUT2D eigenvalue weighted by Gasteiger charge is -2.21. The Morgan fingerprint density at radius 1 is 1.33 bits per heavy atom. The number of carbonyl (C=O) groups excluding carboxylic acids is 2. The second kappa shape index (κ2) is 5.87. The van der Waals surface area contributed by atoms with E-state index in [-0.39, 0.29) is 0 Å². The molecule has 1 aromatic rings. The van der Waals surface area contributed by atoms with Gasteiger partial charge in [-0.1, -0.05) is 23.7 Å². The number of aldehydes is 1. The number of hydrogen-bond acceptors (Lipinski definition) is 3. The number of alkyl carbamates (subject to hydrolysis) is 1. The molecular weight excluding hydrogens is 254 g/mol. The number of benzene rings is 1. The van der Waals surface area contributed by atoms with E-state index in [4.69, 9.17) is 16.3 Å². The topological polar surface area (TPSA) is 55.4 Å². The average molecular weight is 270 g/mol. The maximum absolute atomic E-state index is 11.5. The first-order valence-electron chi connectivity index (χ1n) is 5.52. The molecule has 0 fully saturated rings. The number of halogens is 1. The Morgan fingerprint density at radius 3 is 2.33 bits per heavy atom. The minimum atomic E-state index is -0.739. The van der Waals surface area contributed by atoms with Crippen LogP contribution in [0.1, 0.15) is 32.4 Å². The summed E-state index contributed by atoms with van der Waals surface area (Å²) >= 11 is 5.75. The Hall–Kier alpha value is -1.55. The summed E-state index contributed by atoms with van der Waals surface area (Å²) in [5.41, 5.74) is 0.0533. The second-order valence-corrected chi connectivity index (χ2v) is 5.25. The van der Waals surface area contributed by atoms with Crippen LogP contribution in [-0.4, -0.2) is 18.0 Å². The third-order valence-electron chi connectivity index (χ3n) is 2.04. The molecule has 0 aromatic heterocycles. The summed E-state index contributed by atoms with van der Waals surface area (Å²) < 4.78 is 5.08. The molecule has 1 rings (SSSR count). The van der Waals surface area contributed by atoms with Crippen molar-refractivity contribution in [1.29, 1.82) is 0 Å². The number of nitrogens with one attached hydrogen (secondary N) is 1. The summed E-state index contributed by atoms with van der Waals surface area (Å²) in [5, 5.41) is 3.06. The molecule has 1 aromatic carbocycles. The molecule has 0 unspecified atom stereocenters. The van der Waals surface area contributed by atoms with E-state index in [2.05, 4.69) is 5.32 Å². The van der Waals surface area contributed by atoms with E-state index in [1.54, 1.807) is 45.0 Å². The summed E-state index contributed by atoms with van der Waals surface area (Å²) in [5.74, 6) is 0. The molecule has 0 spiro atoms. The van der Waals surface area contributed by atoms with Crippen molar-refractivity contribution in [1.82, 2.24) is 5.32 Å². The Morgan fingerprint density at radius 2 is 1.89 bits per heavy atom. The SMILES string of the molecule is CC(C)(C)OC(=O)N[C@@H](C=O)c1ccc(Cl)cc1.